The first kappa shape index (κ1) is 21.5. The third kappa shape index (κ3) is 5.12. The lowest BCUT2D eigenvalue weighted by Gasteiger charge is -2.26. The molecule has 5 heteroatoms. The Morgan fingerprint density at radius 3 is 2.54 bits per heavy atom. The van der Waals surface area contributed by atoms with Crippen LogP contribution in [-0.4, -0.2) is 28.1 Å². The molecule has 0 saturated heterocycles. The lowest BCUT2D eigenvalue weighted by atomic mass is 9.94. The number of carboxylic acid groups (broad SMARTS) is 1. The van der Waals surface area contributed by atoms with E-state index in [4.69, 9.17) is 4.74 Å². The Kier molecular flexibility index (Phi) is 6.84. The number of ketones is 1. The van der Waals surface area contributed by atoms with Gasteiger partial charge < -0.3 is 14.9 Å². The van der Waals surface area contributed by atoms with E-state index in [0.717, 1.165) is 23.1 Å². The predicted molar refractivity (Wildman–Crippen MR) is 110 cm³/mol. The molecule has 1 unspecified atom stereocenters. The van der Waals surface area contributed by atoms with Gasteiger partial charge in [0, 0.05) is 6.42 Å². The Balaban J connectivity index is 2.16. The third-order valence-corrected chi connectivity index (χ3v) is 4.70. The van der Waals surface area contributed by atoms with Crippen LogP contribution in [0.15, 0.2) is 34.9 Å². The Morgan fingerprint density at radius 2 is 1.93 bits per heavy atom. The van der Waals surface area contributed by atoms with Crippen molar-refractivity contribution in [2.75, 3.05) is 0 Å². The Bertz CT molecular complexity index is 883. The van der Waals surface area contributed by atoms with Gasteiger partial charge in [0.1, 0.15) is 23.2 Å². The molecular formula is C23H28O5. The summed E-state index contributed by atoms with van der Waals surface area (Å²) >= 11 is 0. The van der Waals surface area contributed by atoms with Gasteiger partial charge in [0.2, 0.25) is 0 Å². The molecule has 0 aliphatic carbocycles. The summed E-state index contributed by atoms with van der Waals surface area (Å²) in [6, 6.07) is 1.65. The minimum atomic E-state index is -1.16. The summed E-state index contributed by atoms with van der Waals surface area (Å²) < 4.78 is 5.90. The number of benzene rings is 1. The summed E-state index contributed by atoms with van der Waals surface area (Å²) in [4.78, 5) is 23.3. The molecule has 5 nitrogen and oxygen atoms in total. The van der Waals surface area contributed by atoms with Gasteiger partial charge in [-0.1, -0.05) is 17.2 Å². The van der Waals surface area contributed by atoms with Crippen molar-refractivity contribution < 1.29 is 24.5 Å². The molecular weight excluding hydrogens is 356 g/mol. The van der Waals surface area contributed by atoms with Gasteiger partial charge in [0.15, 0.2) is 5.78 Å². The molecule has 0 amide bonds. The molecule has 0 fully saturated rings. The highest BCUT2D eigenvalue weighted by atomic mass is 16.5. The van der Waals surface area contributed by atoms with Crippen LogP contribution >= 0.6 is 0 Å². The van der Waals surface area contributed by atoms with Crippen LogP contribution in [0.1, 0.15) is 68.4 Å². The van der Waals surface area contributed by atoms with E-state index < -0.39 is 5.97 Å². The third-order valence-electron chi connectivity index (χ3n) is 4.70. The number of phenols is 1. The van der Waals surface area contributed by atoms with Gasteiger partial charge in [0.05, 0.1) is 5.56 Å². The molecule has 2 N–H and O–H groups in total. The first-order valence-corrected chi connectivity index (χ1v) is 9.40. The molecule has 150 valence electrons. The quantitative estimate of drug-likeness (QED) is 0.498. The zero-order valence-electron chi connectivity index (χ0n) is 17.1. The van der Waals surface area contributed by atoms with E-state index in [1.54, 1.807) is 19.1 Å². The number of allylic oxidation sites excluding steroid dienone is 4. The second-order valence-electron chi connectivity index (χ2n) is 7.57. The van der Waals surface area contributed by atoms with E-state index in [1.807, 2.05) is 39.8 Å². The van der Waals surface area contributed by atoms with Crippen LogP contribution in [0.5, 0.6) is 11.5 Å². The number of carbonyl (C=O) groups excluding carboxylic acids is 1. The van der Waals surface area contributed by atoms with Crippen molar-refractivity contribution in [3.8, 4) is 11.5 Å². The van der Waals surface area contributed by atoms with E-state index in [1.165, 1.54) is 0 Å². The topological polar surface area (TPSA) is 83.8 Å². The maximum atomic E-state index is 11.8. The van der Waals surface area contributed by atoms with Crippen molar-refractivity contribution in [1.29, 1.82) is 0 Å². The van der Waals surface area contributed by atoms with Crippen LogP contribution in [0.25, 0.3) is 6.08 Å². The van der Waals surface area contributed by atoms with Crippen LogP contribution in [-0.2, 0) is 4.79 Å². The van der Waals surface area contributed by atoms with Gasteiger partial charge in [-0.15, -0.1) is 0 Å². The van der Waals surface area contributed by atoms with E-state index in [0.29, 0.717) is 29.7 Å². The summed E-state index contributed by atoms with van der Waals surface area (Å²) in [6.45, 7) is 9.31. The first-order chi connectivity index (χ1) is 13.1. The van der Waals surface area contributed by atoms with Gasteiger partial charge >= 0.3 is 5.97 Å². The largest absolute Gasteiger partial charge is 0.506 e. The lowest BCUT2D eigenvalue weighted by molar-refractivity contribution is -0.114. The lowest BCUT2D eigenvalue weighted by Crippen LogP contribution is -2.19. The number of carboxylic acids is 1. The molecule has 0 bridgehead atoms. The van der Waals surface area contributed by atoms with Crippen LogP contribution in [0.2, 0.25) is 0 Å². The molecule has 0 saturated carbocycles. The second-order valence-corrected chi connectivity index (χ2v) is 7.57. The van der Waals surface area contributed by atoms with E-state index in [-0.39, 0.29) is 23.2 Å². The van der Waals surface area contributed by atoms with Crippen molar-refractivity contribution in [3.63, 3.8) is 0 Å². The first-order valence-electron chi connectivity index (χ1n) is 9.40. The fraction of sp³-hybridized carbons (Fsp3) is 0.391. The van der Waals surface area contributed by atoms with Crippen LogP contribution < -0.4 is 4.74 Å². The highest BCUT2D eigenvalue weighted by Gasteiger charge is 2.25. The molecule has 1 aromatic rings. The molecule has 1 atom stereocenters. The number of rotatable bonds is 7. The monoisotopic (exact) mass is 384 g/mol. The molecule has 0 aromatic heterocycles. The van der Waals surface area contributed by atoms with E-state index in [2.05, 4.69) is 0 Å². The van der Waals surface area contributed by atoms with E-state index in [9.17, 15) is 19.8 Å². The summed E-state index contributed by atoms with van der Waals surface area (Å²) in [5.74, 6) is -0.829. The predicted octanol–water partition coefficient (Wildman–Crippen LogP) is 5.22. The highest BCUT2D eigenvalue weighted by Crippen LogP contribution is 2.40. The highest BCUT2D eigenvalue weighted by molar-refractivity contribution is 5.95. The number of aromatic carboxylic acids is 1. The van der Waals surface area contributed by atoms with Gasteiger partial charge in [-0.3, -0.25) is 4.79 Å². The minimum absolute atomic E-state index is 0.0951. The molecule has 28 heavy (non-hydrogen) atoms. The summed E-state index contributed by atoms with van der Waals surface area (Å²) in [7, 11) is 0. The van der Waals surface area contributed by atoms with Gasteiger partial charge in [-0.05, 0) is 76.8 Å². The fourth-order valence-corrected chi connectivity index (χ4v) is 3.34. The van der Waals surface area contributed by atoms with Gasteiger partial charge in [0.25, 0.3) is 0 Å². The van der Waals surface area contributed by atoms with Crippen molar-refractivity contribution in [1.82, 2.24) is 0 Å². The normalized spacial score (nSPS) is 16.0. The molecule has 2 rings (SSSR count). The molecule has 1 aromatic carbocycles. The maximum absolute atomic E-state index is 11.8. The van der Waals surface area contributed by atoms with Crippen molar-refractivity contribution in [2.45, 2.75) is 60.0 Å². The number of aromatic hydroxyl groups is 1. The fourth-order valence-electron chi connectivity index (χ4n) is 3.34. The number of hydrogen-bond donors (Lipinski definition) is 2. The average Bonchev–Trinajstić information content (AvgIpc) is 2.54. The average molecular weight is 384 g/mol. The molecule has 1 aliphatic rings. The SMILES string of the molecule is CC(C)=CC(=O)CC(C)=CCCC1=Cc2c(cc(C)c(C(=O)O)c2O)OC1C. The van der Waals surface area contributed by atoms with Gasteiger partial charge in [-0.2, -0.15) is 0 Å². The summed E-state index contributed by atoms with van der Waals surface area (Å²) in [5.41, 5.74) is 3.76. The number of ether oxygens (including phenoxy) is 1. The van der Waals surface area contributed by atoms with Crippen LogP contribution in [0, 0.1) is 6.92 Å². The van der Waals surface area contributed by atoms with Crippen LogP contribution in [0.3, 0.4) is 0 Å². The number of hydrogen-bond acceptors (Lipinski definition) is 4. The second kappa shape index (κ2) is 8.91. The summed E-state index contributed by atoms with van der Waals surface area (Å²) in [6.07, 6.45) is 7.19. The standard InChI is InChI=1S/C23H28O5/c1-13(2)9-18(24)10-14(3)7-6-8-17-12-19-20(28-16(17)5)11-15(4)21(22(19)25)23(26)27/h7,9,11-12,16,25H,6,8,10H2,1-5H3,(H,26,27). The maximum Gasteiger partial charge on any atom is 0.339 e. The molecule has 1 aliphatic heterocycles. The molecule has 1 heterocycles. The molecule has 0 radical (unpaired) electrons. The zero-order chi connectivity index (χ0) is 21.0. The van der Waals surface area contributed by atoms with Crippen molar-refractivity contribution >= 4 is 17.8 Å². The van der Waals surface area contributed by atoms with Crippen LogP contribution in [0.4, 0.5) is 0 Å². The zero-order valence-corrected chi connectivity index (χ0v) is 17.1. The number of fused-ring (bicyclic) bond motifs is 1. The van der Waals surface area contributed by atoms with Crippen molar-refractivity contribution in [3.05, 3.63) is 51.6 Å². The Morgan fingerprint density at radius 1 is 1.25 bits per heavy atom. The molecule has 0 spiro atoms. The van der Waals surface area contributed by atoms with Gasteiger partial charge in [-0.25, -0.2) is 4.79 Å². The number of aryl methyl sites for hydroxylation is 1. The smallest absolute Gasteiger partial charge is 0.339 e. The number of carbonyl (C=O) groups is 2. The summed E-state index contributed by atoms with van der Waals surface area (Å²) in [5, 5.41) is 19.7. The Hall–Kier alpha value is -2.82. The van der Waals surface area contributed by atoms with Crippen molar-refractivity contribution in [2.24, 2.45) is 0 Å². The minimum Gasteiger partial charge on any atom is -0.506 e. The van der Waals surface area contributed by atoms with E-state index >= 15 is 0 Å². The Labute approximate surface area is 166 Å².